The average molecular weight is 632 g/mol. The molecule has 0 atom stereocenters. The predicted octanol–water partition coefficient (Wildman–Crippen LogP) is 6.78. The van der Waals surface area contributed by atoms with E-state index in [1.165, 1.54) is 36.3 Å². The molecule has 2 heterocycles. The quantitative estimate of drug-likeness (QED) is 0.162. The number of sulfonamides is 1. The summed E-state index contributed by atoms with van der Waals surface area (Å²) < 4.78 is 46.0. The van der Waals surface area contributed by atoms with E-state index in [-0.39, 0.29) is 12.3 Å². The molecule has 2 saturated carbocycles. The van der Waals surface area contributed by atoms with Crippen molar-refractivity contribution in [1.29, 1.82) is 0 Å². The number of aromatic nitrogens is 2. The van der Waals surface area contributed by atoms with Crippen LogP contribution in [0.3, 0.4) is 0 Å². The fourth-order valence-electron chi connectivity index (χ4n) is 5.76. The molecule has 0 radical (unpaired) electrons. The summed E-state index contributed by atoms with van der Waals surface area (Å²) in [5.74, 6) is 6.43. The SMILES string of the molecule is CCOC(=O)c1csc(-c2cc(-c3cccc(C#CC4CCCC4)c3)c(Cc3ccc(S(N)(=O)=O)c(F)c3)n2CC2CC2)n1. The number of benzene rings is 2. The smallest absolute Gasteiger partial charge is 0.357 e. The Bertz CT molecular complexity index is 1870. The number of ether oxygens (including phenoxy) is 1. The van der Waals surface area contributed by atoms with E-state index in [9.17, 15) is 17.6 Å². The van der Waals surface area contributed by atoms with Crippen molar-refractivity contribution in [1.82, 2.24) is 9.55 Å². The maximum Gasteiger partial charge on any atom is 0.357 e. The van der Waals surface area contributed by atoms with Crippen LogP contribution >= 0.6 is 11.3 Å². The average Bonchev–Trinajstić information content (AvgIpc) is 3.34. The van der Waals surface area contributed by atoms with Crippen LogP contribution in [-0.2, 0) is 27.7 Å². The minimum atomic E-state index is -4.19. The molecule has 0 unspecified atom stereocenters. The monoisotopic (exact) mass is 631 g/mol. The zero-order valence-corrected chi connectivity index (χ0v) is 26.1. The van der Waals surface area contributed by atoms with E-state index in [4.69, 9.17) is 9.88 Å². The van der Waals surface area contributed by atoms with Crippen LogP contribution < -0.4 is 5.14 Å². The second-order valence-electron chi connectivity index (χ2n) is 11.5. The Morgan fingerprint density at radius 3 is 2.64 bits per heavy atom. The highest BCUT2D eigenvalue weighted by Gasteiger charge is 2.28. The fourth-order valence-corrected chi connectivity index (χ4v) is 7.16. The molecule has 7 nitrogen and oxygen atoms in total. The molecule has 2 aliphatic rings. The fraction of sp³-hybridized carbons (Fsp3) is 0.353. The highest BCUT2D eigenvalue weighted by Crippen LogP contribution is 2.40. The normalized spacial score (nSPS) is 15.2. The summed E-state index contributed by atoms with van der Waals surface area (Å²) in [6.45, 7) is 2.77. The Hall–Kier alpha value is -3.78. The summed E-state index contributed by atoms with van der Waals surface area (Å²) in [6.07, 6.45) is 7.32. The van der Waals surface area contributed by atoms with Gasteiger partial charge in [-0.1, -0.05) is 42.9 Å². The molecule has 44 heavy (non-hydrogen) atoms. The molecule has 0 amide bonds. The Labute approximate surface area is 261 Å². The lowest BCUT2D eigenvalue weighted by atomic mass is 9.99. The van der Waals surface area contributed by atoms with Gasteiger partial charge in [0.1, 0.15) is 15.7 Å². The molecule has 0 saturated heterocycles. The van der Waals surface area contributed by atoms with E-state index in [2.05, 4.69) is 33.5 Å². The maximum absolute atomic E-state index is 14.9. The van der Waals surface area contributed by atoms with Gasteiger partial charge in [-0.2, -0.15) is 0 Å². The van der Waals surface area contributed by atoms with Crippen LogP contribution in [0.4, 0.5) is 4.39 Å². The zero-order valence-electron chi connectivity index (χ0n) is 24.5. The van der Waals surface area contributed by atoms with Crippen molar-refractivity contribution in [3.05, 3.63) is 82.2 Å². The number of halogens is 1. The number of nitrogens with zero attached hydrogens (tertiary/aromatic N) is 2. The van der Waals surface area contributed by atoms with E-state index < -0.39 is 26.7 Å². The van der Waals surface area contributed by atoms with E-state index >= 15 is 0 Å². The van der Waals surface area contributed by atoms with Crippen LogP contribution in [0, 0.1) is 29.5 Å². The van der Waals surface area contributed by atoms with E-state index in [0.29, 0.717) is 28.8 Å². The van der Waals surface area contributed by atoms with Crippen molar-refractivity contribution >= 4 is 27.3 Å². The minimum absolute atomic E-state index is 0.263. The number of thiazole rings is 1. The molecule has 2 aromatic heterocycles. The van der Waals surface area contributed by atoms with Crippen molar-refractivity contribution < 1.29 is 22.3 Å². The molecular weight excluding hydrogens is 598 g/mol. The van der Waals surface area contributed by atoms with Gasteiger partial charge < -0.3 is 9.30 Å². The van der Waals surface area contributed by atoms with Crippen molar-refractivity contribution in [2.24, 2.45) is 17.0 Å². The molecule has 2 fully saturated rings. The standard InChI is InChI=1S/C34H34FN3O4S2/c1-2-42-34(39)29-21-43-33(37-29)31-19-27(26-9-5-8-23(16-26)11-10-22-6-3-4-7-22)30(38(31)20-24-12-13-24)18-25-14-15-32(28(35)17-25)44(36,40)41/h5,8-9,14-17,19,21-22,24H,2-4,6-7,12-13,18,20H2,1H3,(H2,36,40,41). The number of nitrogens with two attached hydrogens (primary N) is 1. The van der Waals surface area contributed by atoms with Gasteiger partial charge in [0.2, 0.25) is 10.0 Å². The summed E-state index contributed by atoms with van der Waals surface area (Å²) in [5, 5.41) is 7.61. The number of esters is 1. The van der Waals surface area contributed by atoms with Crippen LogP contribution in [0.15, 0.2) is 58.8 Å². The van der Waals surface area contributed by atoms with E-state index in [1.54, 1.807) is 18.4 Å². The van der Waals surface area contributed by atoms with Crippen LogP contribution in [0.5, 0.6) is 0 Å². The van der Waals surface area contributed by atoms with Crippen molar-refractivity contribution in [2.45, 2.75) is 63.3 Å². The van der Waals surface area contributed by atoms with Crippen LogP contribution in [0.1, 0.15) is 72.8 Å². The number of primary sulfonamides is 1. The van der Waals surface area contributed by atoms with Gasteiger partial charge in [0, 0.05) is 41.1 Å². The van der Waals surface area contributed by atoms with Crippen molar-refractivity contribution in [3.8, 4) is 33.7 Å². The first-order valence-electron chi connectivity index (χ1n) is 15.0. The van der Waals surface area contributed by atoms with Gasteiger partial charge in [-0.25, -0.2) is 27.7 Å². The second kappa shape index (κ2) is 12.7. The molecule has 0 spiro atoms. The lowest BCUT2D eigenvalue weighted by molar-refractivity contribution is 0.0520. The summed E-state index contributed by atoms with van der Waals surface area (Å²) >= 11 is 1.38. The molecule has 2 N–H and O–H groups in total. The lowest BCUT2D eigenvalue weighted by Crippen LogP contribution is -2.14. The highest BCUT2D eigenvalue weighted by molar-refractivity contribution is 7.89. The molecule has 10 heteroatoms. The summed E-state index contributed by atoms with van der Waals surface area (Å²) in [7, 11) is -4.19. The van der Waals surface area contributed by atoms with Gasteiger partial charge in [0.05, 0.1) is 12.3 Å². The van der Waals surface area contributed by atoms with Crippen LogP contribution in [-0.4, -0.2) is 30.5 Å². The lowest BCUT2D eigenvalue weighted by Gasteiger charge is -2.15. The van der Waals surface area contributed by atoms with Crippen molar-refractivity contribution in [2.75, 3.05) is 6.61 Å². The second-order valence-corrected chi connectivity index (χ2v) is 13.9. The number of carbonyl (C=O) groups excluding carboxylic acids is 1. The molecular formula is C34H34FN3O4S2. The van der Waals surface area contributed by atoms with Gasteiger partial charge in [0.25, 0.3) is 0 Å². The van der Waals surface area contributed by atoms with Gasteiger partial charge in [-0.15, -0.1) is 11.3 Å². The molecule has 228 valence electrons. The number of carbonyl (C=O) groups is 1. The van der Waals surface area contributed by atoms with Crippen molar-refractivity contribution in [3.63, 3.8) is 0 Å². The largest absolute Gasteiger partial charge is 0.461 e. The Morgan fingerprint density at radius 2 is 1.93 bits per heavy atom. The summed E-state index contributed by atoms with van der Waals surface area (Å²) in [6, 6.07) is 14.3. The van der Waals surface area contributed by atoms with Gasteiger partial charge in [-0.3, -0.25) is 0 Å². The summed E-state index contributed by atoms with van der Waals surface area (Å²) in [4.78, 5) is 16.6. The molecule has 4 aromatic rings. The molecule has 0 bridgehead atoms. The Morgan fingerprint density at radius 1 is 1.14 bits per heavy atom. The number of hydrogen-bond acceptors (Lipinski definition) is 6. The van der Waals surface area contributed by atoms with E-state index in [1.807, 2.05) is 18.2 Å². The number of rotatable bonds is 9. The van der Waals surface area contributed by atoms with Crippen LogP contribution in [0.25, 0.3) is 21.8 Å². The third-order valence-electron chi connectivity index (χ3n) is 8.18. The Balaban J connectivity index is 1.47. The van der Waals surface area contributed by atoms with Crippen LogP contribution in [0.2, 0.25) is 0 Å². The molecule has 2 aromatic carbocycles. The topological polar surface area (TPSA) is 104 Å². The molecule has 0 aliphatic heterocycles. The molecule has 2 aliphatic carbocycles. The first kappa shape index (κ1) is 30.3. The zero-order chi connectivity index (χ0) is 30.8. The third kappa shape index (κ3) is 6.80. The highest BCUT2D eigenvalue weighted by atomic mass is 32.2. The minimum Gasteiger partial charge on any atom is -0.461 e. The first-order chi connectivity index (χ1) is 21.2. The third-order valence-corrected chi connectivity index (χ3v) is 9.99. The van der Waals surface area contributed by atoms with Gasteiger partial charge in [0.15, 0.2) is 5.69 Å². The Kier molecular flexibility index (Phi) is 8.72. The first-order valence-corrected chi connectivity index (χ1v) is 17.4. The van der Waals surface area contributed by atoms with E-state index in [0.717, 1.165) is 60.3 Å². The van der Waals surface area contributed by atoms with Gasteiger partial charge in [-0.05, 0) is 80.0 Å². The number of hydrogen-bond donors (Lipinski definition) is 1. The van der Waals surface area contributed by atoms with Gasteiger partial charge >= 0.3 is 5.97 Å². The maximum atomic E-state index is 14.9. The molecule has 6 rings (SSSR count). The summed E-state index contributed by atoms with van der Waals surface area (Å²) in [5.41, 5.74) is 5.54. The predicted molar refractivity (Wildman–Crippen MR) is 169 cm³/mol.